The van der Waals surface area contributed by atoms with Crippen LogP contribution in [0, 0.1) is 0 Å². The molecule has 1 aliphatic heterocycles. The second-order valence-electron chi connectivity index (χ2n) is 6.29. The Balaban J connectivity index is 1.54. The summed E-state index contributed by atoms with van der Waals surface area (Å²) in [4.78, 5) is 14.2. The Morgan fingerprint density at radius 2 is 1.50 bits per heavy atom. The van der Waals surface area contributed by atoms with E-state index in [1.54, 1.807) is 41.3 Å². The average Bonchev–Trinajstić information content (AvgIpc) is 2.73. The monoisotopic (exact) mass is 404 g/mol. The summed E-state index contributed by atoms with van der Waals surface area (Å²) >= 11 is 0. The third kappa shape index (κ3) is 4.82. The first-order valence-electron chi connectivity index (χ1n) is 9.19. The van der Waals surface area contributed by atoms with Gasteiger partial charge in [0.1, 0.15) is 11.5 Å². The first-order chi connectivity index (χ1) is 13.5. The van der Waals surface area contributed by atoms with Gasteiger partial charge in [0.2, 0.25) is 10.0 Å². The average molecular weight is 404 g/mol. The molecule has 150 valence electrons. The number of benzene rings is 2. The quantitative estimate of drug-likeness (QED) is 0.706. The summed E-state index contributed by atoms with van der Waals surface area (Å²) in [6.07, 6.45) is 0. The number of ether oxygens (including phenoxy) is 2. The summed E-state index contributed by atoms with van der Waals surface area (Å²) in [5.41, 5.74) is 0. The van der Waals surface area contributed by atoms with Crippen LogP contribution < -0.4 is 9.47 Å². The number of piperazine rings is 1. The van der Waals surface area contributed by atoms with E-state index >= 15 is 0 Å². The van der Waals surface area contributed by atoms with Gasteiger partial charge in [-0.25, -0.2) is 8.42 Å². The van der Waals surface area contributed by atoms with Gasteiger partial charge in [0.15, 0.2) is 6.61 Å². The molecule has 1 amide bonds. The van der Waals surface area contributed by atoms with E-state index in [0.717, 1.165) is 0 Å². The second-order valence-corrected chi connectivity index (χ2v) is 8.23. The maximum Gasteiger partial charge on any atom is 0.260 e. The maximum atomic E-state index is 12.8. The van der Waals surface area contributed by atoms with Crippen molar-refractivity contribution in [2.45, 2.75) is 11.8 Å². The van der Waals surface area contributed by atoms with Crippen molar-refractivity contribution in [2.24, 2.45) is 0 Å². The van der Waals surface area contributed by atoms with Crippen molar-refractivity contribution < 1.29 is 22.7 Å². The van der Waals surface area contributed by atoms with Crippen molar-refractivity contribution in [3.8, 4) is 11.5 Å². The van der Waals surface area contributed by atoms with Crippen LogP contribution in [-0.4, -0.2) is 62.9 Å². The zero-order valence-corrected chi connectivity index (χ0v) is 16.6. The van der Waals surface area contributed by atoms with Gasteiger partial charge >= 0.3 is 0 Å². The minimum Gasteiger partial charge on any atom is -0.494 e. The highest BCUT2D eigenvalue weighted by atomic mass is 32.2. The molecule has 0 atom stereocenters. The molecule has 0 radical (unpaired) electrons. The van der Waals surface area contributed by atoms with Gasteiger partial charge in [-0.15, -0.1) is 0 Å². The summed E-state index contributed by atoms with van der Waals surface area (Å²) in [5, 5.41) is 0. The molecule has 0 saturated carbocycles. The predicted molar refractivity (Wildman–Crippen MR) is 105 cm³/mol. The Hall–Kier alpha value is -2.58. The molecule has 0 unspecified atom stereocenters. The van der Waals surface area contributed by atoms with Gasteiger partial charge in [-0.1, -0.05) is 18.2 Å². The van der Waals surface area contributed by atoms with Crippen molar-refractivity contribution in [1.29, 1.82) is 0 Å². The molecule has 0 aliphatic carbocycles. The molecule has 8 heteroatoms. The highest BCUT2D eigenvalue weighted by molar-refractivity contribution is 7.89. The molecule has 1 heterocycles. The van der Waals surface area contributed by atoms with E-state index in [0.29, 0.717) is 31.2 Å². The second kappa shape index (κ2) is 9.07. The predicted octanol–water partition coefficient (Wildman–Crippen LogP) is 2.00. The van der Waals surface area contributed by atoms with E-state index in [2.05, 4.69) is 0 Å². The third-order valence-electron chi connectivity index (χ3n) is 4.47. The lowest BCUT2D eigenvalue weighted by Gasteiger charge is -2.34. The molecular formula is C20H24N2O5S. The van der Waals surface area contributed by atoms with Crippen LogP contribution in [0.2, 0.25) is 0 Å². The van der Waals surface area contributed by atoms with Crippen LogP contribution in [0.15, 0.2) is 59.5 Å². The molecule has 1 saturated heterocycles. The Morgan fingerprint density at radius 1 is 0.893 bits per heavy atom. The summed E-state index contributed by atoms with van der Waals surface area (Å²) in [7, 11) is -3.59. The number of nitrogens with zero attached hydrogens (tertiary/aromatic N) is 2. The van der Waals surface area contributed by atoms with E-state index in [-0.39, 0.29) is 30.5 Å². The Labute approximate surface area is 165 Å². The van der Waals surface area contributed by atoms with Crippen molar-refractivity contribution in [2.75, 3.05) is 39.4 Å². The lowest BCUT2D eigenvalue weighted by molar-refractivity contribution is -0.134. The third-order valence-corrected chi connectivity index (χ3v) is 6.38. The number of carbonyl (C=O) groups is 1. The molecular weight excluding hydrogens is 380 g/mol. The van der Waals surface area contributed by atoms with Crippen LogP contribution in [-0.2, 0) is 14.8 Å². The molecule has 2 aromatic carbocycles. The molecule has 7 nitrogen and oxygen atoms in total. The van der Waals surface area contributed by atoms with Gasteiger partial charge < -0.3 is 14.4 Å². The number of sulfonamides is 1. The number of amides is 1. The fraction of sp³-hybridized carbons (Fsp3) is 0.350. The molecule has 3 rings (SSSR count). The fourth-order valence-electron chi connectivity index (χ4n) is 2.95. The van der Waals surface area contributed by atoms with Gasteiger partial charge in [0.05, 0.1) is 11.5 Å². The first-order valence-corrected chi connectivity index (χ1v) is 10.6. The number of hydrogen-bond acceptors (Lipinski definition) is 5. The minimum atomic E-state index is -3.59. The highest BCUT2D eigenvalue weighted by Crippen LogP contribution is 2.21. The summed E-state index contributed by atoms with van der Waals surface area (Å²) in [5.74, 6) is 1.12. The zero-order chi connectivity index (χ0) is 20.0. The van der Waals surface area contributed by atoms with E-state index in [9.17, 15) is 13.2 Å². The molecule has 0 bridgehead atoms. The van der Waals surface area contributed by atoms with Crippen LogP contribution >= 0.6 is 0 Å². The number of hydrogen-bond donors (Lipinski definition) is 0. The smallest absolute Gasteiger partial charge is 0.260 e. The number of rotatable bonds is 7. The summed E-state index contributed by atoms with van der Waals surface area (Å²) in [6, 6.07) is 15.5. The van der Waals surface area contributed by atoms with Crippen LogP contribution in [0.4, 0.5) is 0 Å². The molecule has 0 aromatic heterocycles. The van der Waals surface area contributed by atoms with Crippen molar-refractivity contribution >= 4 is 15.9 Å². The molecule has 2 aromatic rings. The first kappa shape index (κ1) is 20.2. The van der Waals surface area contributed by atoms with Crippen LogP contribution in [0.1, 0.15) is 6.92 Å². The van der Waals surface area contributed by atoms with Gasteiger partial charge in [-0.2, -0.15) is 4.31 Å². The highest BCUT2D eigenvalue weighted by Gasteiger charge is 2.30. The van der Waals surface area contributed by atoms with Crippen molar-refractivity contribution in [3.05, 3.63) is 54.6 Å². The largest absolute Gasteiger partial charge is 0.494 e. The van der Waals surface area contributed by atoms with E-state index in [1.807, 2.05) is 25.1 Å². The minimum absolute atomic E-state index is 0.0599. The molecule has 0 spiro atoms. The van der Waals surface area contributed by atoms with Crippen LogP contribution in [0.5, 0.6) is 11.5 Å². The van der Waals surface area contributed by atoms with Crippen LogP contribution in [0.25, 0.3) is 0 Å². The van der Waals surface area contributed by atoms with Crippen molar-refractivity contribution in [3.63, 3.8) is 0 Å². The number of carbonyl (C=O) groups excluding carboxylic acids is 1. The standard InChI is InChI=1S/C20H24N2O5S/c1-2-26-18-8-10-19(11-9-18)28(24,25)22-14-12-21(13-15-22)20(23)16-27-17-6-4-3-5-7-17/h3-11H,2,12-16H2,1H3. The van der Waals surface area contributed by atoms with Crippen molar-refractivity contribution in [1.82, 2.24) is 9.21 Å². The summed E-state index contributed by atoms with van der Waals surface area (Å²) in [6.45, 7) is 3.53. The zero-order valence-electron chi connectivity index (χ0n) is 15.8. The van der Waals surface area contributed by atoms with E-state index in [4.69, 9.17) is 9.47 Å². The summed E-state index contributed by atoms with van der Waals surface area (Å²) < 4.78 is 37.8. The van der Waals surface area contributed by atoms with Gasteiger partial charge in [-0.05, 0) is 43.3 Å². The fourth-order valence-corrected chi connectivity index (χ4v) is 4.38. The molecule has 0 N–H and O–H groups in total. The molecule has 1 aliphatic rings. The lowest BCUT2D eigenvalue weighted by atomic mass is 10.3. The lowest BCUT2D eigenvalue weighted by Crippen LogP contribution is -2.51. The normalized spacial score (nSPS) is 15.2. The van der Waals surface area contributed by atoms with Gasteiger partial charge in [-0.3, -0.25) is 4.79 Å². The number of para-hydroxylation sites is 1. The molecule has 1 fully saturated rings. The van der Waals surface area contributed by atoms with Gasteiger partial charge in [0, 0.05) is 26.2 Å². The Morgan fingerprint density at radius 3 is 2.11 bits per heavy atom. The van der Waals surface area contributed by atoms with Gasteiger partial charge in [0.25, 0.3) is 5.91 Å². The molecule has 28 heavy (non-hydrogen) atoms. The topological polar surface area (TPSA) is 76.2 Å². The van der Waals surface area contributed by atoms with E-state index < -0.39 is 10.0 Å². The van der Waals surface area contributed by atoms with Crippen LogP contribution in [0.3, 0.4) is 0 Å². The SMILES string of the molecule is CCOc1ccc(S(=O)(=O)N2CCN(C(=O)COc3ccccc3)CC2)cc1. The Kier molecular flexibility index (Phi) is 6.53. The maximum absolute atomic E-state index is 12.8. The Bertz CT molecular complexity index is 877. The van der Waals surface area contributed by atoms with E-state index in [1.165, 1.54) is 4.31 Å².